The lowest BCUT2D eigenvalue weighted by atomic mass is 9.90. The first-order valence-electron chi connectivity index (χ1n) is 9.52. The lowest BCUT2D eigenvalue weighted by molar-refractivity contribution is -0.133. The van der Waals surface area contributed by atoms with Crippen LogP contribution in [0.2, 0.25) is 0 Å². The lowest BCUT2D eigenvalue weighted by Gasteiger charge is -2.38. The predicted octanol–water partition coefficient (Wildman–Crippen LogP) is 3.38. The van der Waals surface area contributed by atoms with E-state index in [9.17, 15) is 4.79 Å². The molecule has 1 fully saturated rings. The molecule has 0 bridgehead atoms. The van der Waals surface area contributed by atoms with Crippen LogP contribution >= 0.6 is 11.3 Å². The standard InChI is InChI=1S/C21H26N2O3S/c1-25-17-11-14-7-9-23(20(24)12-15-5-3-8-22-15)21(19-6-4-10-27-19)16(14)13-18(17)26-2/h4,6,10-11,13,15,21-22H,3,5,7-9,12H2,1-2H3. The van der Waals surface area contributed by atoms with E-state index in [2.05, 4.69) is 33.8 Å². The van der Waals surface area contributed by atoms with Gasteiger partial charge in [-0.25, -0.2) is 0 Å². The van der Waals surface area contributed by atoms with E-state index < -0.39 is 0 Å². The van der Waals surface area contributed by atoms with Crippen molar-refractivity contribution in [2.45, 2.75) is 37.8 Å². The van der Waals surface area contributed by atoms with Crippen molar-refractivity contribution < 1.29 is 14.3 Å². The van der Waals surface area contributed by atoms with Crippen molar-refractivity contribution in [2.24, 2.45) is 0 Å². The maximum absolute atomic E-state index is 13.2. The SMILES string of the molecule is COc1cc2c(cc1OC)C(c1cccs1)N(C(=O)CC1CCCN1)CC2. The first-order chi connectivity index (χ1) is 13.2. The molecule has 6 heteroatoms. The zero-order valence-corrected chi connectivity index (χ0v) is 16.7. The van der Waals surface area contributed by atoms with Gasteiger partial charge in [0.05, 0.1) is 20.3 Å². The Bertz CT molecular complexity index is 800. The highest BCUT2D eigenvalue weighted by Crippen LogP contribution is 2.42. The van der Waals surface area contributed by atoms with E-state index in [1.807, 2.05) is 6.07 Å². The Labute approximate surface area is 164 Å². The number of hydrogen-bond acceptors (Lipinski definition) is 5. The third kappa shape index (κ3) is 3.56. The van der Waals surface area contributed by atoms with Crippen LogP contribution in [0.3, 0.4) is 0 Å². The third-order valence-electron chi connectivity index (χ3n) is 5.59. The predicted molar refractivity (Wildman–Crippen MR) is 107 cm³/mol. The van der Waals surface area contributed by atoms with Crippen molar-refractivity contribution in [3.8, 4) is 11.5 Å². The van der Waals surface area contributed by atoms with Gasteiger partial charge < -0.3 is 19.7 Å². The molecule has 1 N–H and O–H groups in total. The molecular formula is C21H26N2O3S. The number of ether oxygens (including phenoxy) is 2. The van der Waals surface area contributed by atoms with E-state index in [0.29, 0.717) is 18.2 Å². The smallest absolute Gasteiger partial charge is 0.224 e. The average molecular weight is 387 g/mol. The second kappa shape index (κ2) is 7.90. The van der Waals surface area contributed by atoms with Crippen LogP contribution in [0.4, 0.5) is 0 Å². The van der Waals surface area contributed by atoms with Crippen LogP contribution in [-0.2, 0) is 11.2 Å². The summed E-state index contributed by atoms with van der Waals surface area (Å²) in [6.45, 7) is 1.75. The van der Waals surface area contributed by atoms with Gasteiger partial charge in [0.25, 0.3) is 0 Å². The van der Waals surface area contributed by atoms with Crippen molar-refractivity contribution in [2.75, 3.05) is 27.3 Å². The molecule has 1 aromatic carbocycles. The van der Waals surface area contributed by atoms with E-state index in [1.54, 1.807) is 25.6 Å². The summed E-state index contributed by atoms with van der Waals surface area (Å²) in [4.78, 5) is 16.4. The van der Waals surface area contributed by atoms with Gasteiger partial charge in [0.15, 0.2) is 11.5 Å². The first-order valence-corrected chi connectivity index (χ1v) is 10.4. The van der Waals surface area contributed by atoms with E-state index in [1.165, 1.54) is 10.4 Å². The number of hydrogen-bond donors (Lipinski definition) is 1. The molecule has 2 unspecified atom stereocenters. The van der Waals surface area contributed by atoms with E-state index in [-0.39, 0.29) is 11.9 Å². The molecule has 0 radical (unpaired) electrons. The summed E-state index contributed by atoms with van der Waals surface area (Å²) < 4.78 is 11.0. The number of carbonyl (C=O) groups excluding carboxylic acids is 1. The number of carbonyl (C=O) groups is 1. The maximum atomic E-state index is 13.2. The van der Waals surface area contributed by atoms with Gasteiger partial charge in [0.2, 0.25) is 5.91 Å². The minimum absolute atomic E-state index is 0.0533. The Morgan fingerprint density at radius 1 is 1.30 bits per heavy atom. The summed E-state index contributed by atoms with van der Waals surface area (Å²) in [6.07, 6.45) is 3.66. The zero-order chi connectivity index (χ0) is 18.8. The summed E-state index contributed by atoms with van der Waals surface area (Å²) in [5.41, 5.74) is 2.38. The van der Waals surface area contributed by atoms with Gasteiger partial charge in [-0.1, -0.05) is 6.07 Å². The van der Waals surface area contributed by atoms with Crippen LogP contribution in [0.5, 0.6) is 11.5 Å². The molecule has 4 rings (SSSR count). The van der Waals surface area contributed by atoms with Crippen LogP contribution in [0.1, 0.15) is 41.3 Å². The van der Waals surface area contributed by atoms with Crippen molar-refractivity contribution in [3.05, 3.63) is 45.6 Å². The van der Waals surface area contributed by atoms with Crippen molar-refractivity contribution in [1.29, 1.82) is 0 Å². The van der Waals surface area contributed by atoms with Gasteiger partial charge in [-0.3, -0.25) is 4.79 Å². The van der Waals surface area contributed by atoms with Gasteiger partial charge >= 0.3 is 0 Å². The number of methoxy groups -OCH3 is 2. The molecule has 144 valence electrons. The zero-order valence-electron chi connectivity index (χ0n) is 15.9. The number of nitrogens with one attached hydrogen (secondary N) is 1. The molecule has 1 amide bonds. The Kier molecular flexibility index (Phi) is 5.36. The molecule has 3 heterocycles. The number of nitrogens with zero attached hydrogens (tertiary/aromatic N) is 1. The van der Waals surface area contributed by atoms with E-state index in [0.717, 1.165) is 43.7 Å². The van der Waals surface area contributed by atoms with Gasteiger partial charge in [-0.15, -0.1) is 11.3 Å². The van der Waals surface area contributed by atoms with E-state index >= 15 is 0 Å². The minimum Gasteiger partial charge on any atom is -0.493 e. The number of fused-ring (bicyclic) bond motifs is 1. The first kappa shape index (κ1) is 18.3. The number of amides is 1. The Morgan fingerprint density at radius 2 is 2.11 bits per heavy atom. The summed E-state index contributed by atoms with van der Waals surface area (Å²) in [5.74, 6) is 1.69. The Morgan fingerprint density at radius 3 is 2.78 bits per heavy atom. The highest BCUT2D eigenvalue weighted by Gasteiger charge is 2.34. The molecule has 1 aromatic heterocycles. The molecule has 0 spiro atoms. The quantitative estimate of drug-likeness (QED) is 0.856. The maximum Gasteiger partial charge on any atom is 0.224 e. The van der Waals surface area contributed by atoms with Crippen molar-refractivity contribution in [3.63, 3.8) is 0 Å². The van der Waals surface area contributed by atoms with Crippen LogP contribution in [0.25, 0.3) is 0 Å². The van der Waals surface area contributed by atoms with Crippen LogP contribution in [-0.4, -0.2) is 44.2 Å². The molecule has 2 aliphatic rings. The van der Waals surface area contributed by atoms with Gasteiger partial charge in [-0.05, 0) is 60.5 Å². The lowest BCUT2D eigenvalue weighted by Crippen LogP contribution is -2.42. The van der Waals surface area contributed by atoms with Crippen molar-refractivity contribution in [1.82, 2.24) is 10.2 Å². The third-order valence-corrected chi connectivity index (χ3v) is 6.51. The average Bonchev–Trinajstić information content (AvgIpc) is 3.39. The topological polar surface area (TPSA) is 50.8 Å². The van der Waals surface area contributed by atoms with Gasteiger partial charge in [-0.2, -0.15) is 0 Å². The van der Waals surface area contributed by atoms with Crippen LogP contribution in [0, 0.1) is 0 Å². The highest BCUT2D eigenvalue weighted by molar-refractivity contribution is 7.10. The molecule has 2 aromatic rings. The second-order valence-corrected chi connectivity index (χ2v) is 8.14. The Hall–Kier alpha value is -2.05. The minimum atomic E-state index is -0.0533. The summed E-state index contributed by atoms with van der Waals surface area (Å²) in [5, 5.41) is 5.52. The fourth-order valence-corrected chi connectivity index (χ4v) is 5.08. The van der Waals surface area contributed by atoms with E-state index in [4.69, 9.17) is 9.47 Å². The van der Waals surface area contributed by atoms with Crippen LogP contribution < -0.4 is 14.8 Å². The molecule has 27 heavy (non-hydrogen) atoms. The largest absolute Gasteiger partial charge is 0.493 e. The number of benzene rings is 1. The molecule has 2 atom stereocenters. The summed E-state index contributed by atoms with van der Waals surface area (Å²) in [6, 6.07) is 8.54. The molecule has 1 saturated heterocycles. The van der Waals surface area contributed by atoms with Gasteiger partial charge in [0, 0.05) is 23.9 Å². The molecule has 0 aliphatic carbocycles. The molecule has 5 nitrogen and oxygen atoms in total. The number of thiophene rings is 1. The number of rotatable bonds is 5. The van der Waals surface area contributed by atoms with Gasteiger partial charge in [0.1, 0.15) is 0 Å². The fourth-order valence-electron chi connectivity index (χ4n) is 4.23. The second-order valence-electron chi connectivity index (χ2n) is 7.16. The molecular weight excluding hydrogens is 360 g/mol. The molecule has 0 saturated carbocycles. The Balaban J connectivity index is 1.70. The monoisotopic (exact) mass is 386 g/mol. The fraction of sp³-hybridized carbons (Fsp3) is 0.476. The highest BCUT2D eigenvalue weighted by atomic mass is 32.1. The summed E-state index contributed by atoms with van der Waals surface area (Å²) in [7, 11) is 3.32. The van der Waals surface area contributed by atoms with Crippen LogP contribution in [0.15, 0.2) is 29.6 Å². The molecule has 2 aliphatic heterocycles. The van der Waals surface area contributed by atoms with Crippen molar-refractivity contribution >= 4 is 17.2 Å². The normalized spacial score (nSPS) is 21.8. The summed E-state index contributed by atoms with van der Waals surface area (Å²) >= 11 is 1.70.